The number of carbonyl (C=O) groups is 1. The lowest BCUT2D eigenvalue weighted by molar-refractivity contribution is 0.0689. The molecule has 6 heteroatoms. The molecule has 0 saturated heterocycles. The molecule has 29 heavy (non-hydrogen) atoms. The Kier molecular flexibility index (Phi) is 6.13. The Balaban J connectivity index is 1.78. The van der Waals surface area contributed by atoms with Crippen LogP contribution in [0, 0.1) is 6.92 Å². The maximum absolute atomic E-state index is 11.2. The normalized spacial score (nSPS) is 11.5. The third-order valence-electron chi connectivity index (χ3n) is 4.76. The van der Waals surface area contributed by atoms with Crippen molar-refractivity contribution in [2.75, 3.05) is 0 Å². The van der Waals surface area contributed by atoms with Crippen molar-refractivity contribution in [3.63, 3.8) is 0 Å². The SMILES string of the molecule is Cc1cc(C(=O)O)nn1Cc1cc(Br)ccc1OCc1ccc(C(C)(C)C)cc1. The minimum Gasteiger partial charge on any atom is -0.489 e. The van der Waals surface area contributed by atoms with Gasteiger partial charge in [-0.2, -0.15) is 5.10 Å². The van der Waals surface area contributed by atoms with Gasteiger partial charge in [-0.15, -0.1) is 0 Å². The molecule has 1 heterocycles. The summed E-state index contributed by atoms with van der Waals surface area (Å²) in [6, 6.07) is 15.9. The molecule has 1 aromatic heterocycles. The Morgan fingerprint density at radius 2 is 1.83 bits per heavy atom. The molecular formula is C23H25BrN2O3. The molecule has 0 fully saturated rings. The molecule has 0 radical (unpaired) electrons. The number of aromatic nitrogens is 2. The van der Waals surface area contributed by atoms with Gasteiger partial charge in [0.1, 0.15) is 12.4 Å². The smallest absolute Gasteiger partial charge is 0.356 e. The number of aromatic carboxylic acids is 1. The van der Waals surface area contributed by atoms with Crippen LogP contribution in [0.4, 0.5) is 0 Å². The van der Waals surface area contributed by atoms with Crippen LogP contribution in [0.1, 0.15) is 53.6 Å². The number of aryl methyl sites for hydroxylation is 1. The van der Waals surface area contributed by atoms with E-state index in [1.807, 2.05) is 25.1 Å². The number of benzene rings is 2. The second-order valence-electron chi connectivity index (χ2n) is 8.12. The van der Waals surface area contributed by atoms with E-state index in [2.05, 4.69) is 66.1 Å². The van der Waals surface area contributed by atoms with E-state index < -0.39 is 5.97 Å². The van der Waals surface area contributed by atoms with E-state index in [1.54, 1.807) is 10.7 Å². The summed E-state index contributed by atoms with van der Waals surface area (Å²) in [6.45, 7) is 9.31. The van der Waals surface area contributed by atoms with Crippen LogP contribution in [0.5, 0.6) is 5.75 Å². The zero-order valence-electron chi connectivity index (χ0n) is 17.1. The minimum absolute atomic E-state index is 0.0407. The first-order chi connectivity index (χ1) is 13.6. The molecule has 0 aliphatic rings. The van der Waals surface area contributed by atoms with E-state index in [-0.39, 0.29) is 11.1 Å². The third-order valence-corrected chi connectivity index (χ3v) is 5.25. The number of ether oxygens (including phenoxy) is 1. The number of carboxylic acid groups (broad SMARTS) is 1. The highest BCUT2D eigenvalue weighted by molar-refractivity contribution is 9.10. The average Bonchev–Trinajstić information content (AvgIpc) is 3.02. The molecule has 5 nitrogen and oxygen atoms in total. The molecule has 0 spiro atoms. The van der Waals surface area contributed by atoms with Crippen LogP contribution in [0.15, 0.2) is 53.0 Å². The molecule has 152 valence electrons. The lowest BCUT2D eigenvalue weighted by atomic mass is 9.87. The molecule has 0 aliphatic carbocycles. The number of halogens is 1. The van der Waals surface area contributed by atoms with Gasteiger partial charge in [-0.25, -0.2) is 4.79 Å². The lowest BCUT2D eigenvalue weighted by Gasteiger charge is -2.19. The van der Waals surface area contributed by atoms with Crippen molar-refractivity contribution >= 4 is 21.9 Å². The summed E-state index contributed by atoms with van der Waals surface area (Å²) < 4.78 is 8.70. The first-order valence-electron chi connectivity index (χ1n) is 9.42. The summed E-state index contributed by atoms with van der Waals surface area (Å²) in [6.07, 6.45) is 0. The predicted octanol–water partition coefficient (Wildman–Crippen LogP) is 5.58. The van der Waals surface area contributed by atoms with Crippen molar-refractivity contribution < 1.29 is 14.6 Å². The Labute approximate surface area is 179 Å². The standard InChI is InChI=1S/C23H25BrN2O3/c1-15-11-20(22(27)28)25-26(15)13-17-12-19(24)9-10-21(17)29-14-16-5-7-18(8-6-16)23(2,3)4/h5-12H,13-14H2,1-4H3,(H,27,28). The van der Waals surface area contributed by atoms with Gasteiger partial charge < -0.3 is 9.84 Å². The second-order valence-corrected chi connectivity index (χ2v) is 9.04. The lowest BCUT2D eigenvalue weighted by Crippen LogP contribution is -2.11. The molecule has 0 atom stereocenters. The van der Waals surface area contributed by atoms with Gasteiger partial charge in [-0.1, -0.05) is 61.0 Å². The number of hydrogen-bond acceptors (Lipinski definition) is 3. The maximum Gasteiger partial charge on any atom is 0.356 e. The average molecular weight is 457 g/mol. The molecule has 0 unspecified atom stereocenters. The quantitative estimate of drug-likeness (QED) is 0.525. The van der Waals surface area contributed by atoms with Gasteiger partial charge in [0.2, 0.25) is 0 Å². The van der Waals surface area contributed by atoms with Crippen LogP contribution in [0.3, 0.4) is 0 Å². The summed E-state index contributed by atoms with van der Waals surface area (Å²) >= 11 is 3.50. The van der Waals surface area contributed by atoms with Gasteiger partial charge in [0, 0.05) is 15.7 Å². The fraction of sp³-hybridized carbons (Fsp3) is 0.304. The Hall–Kier alpha value is -2.60. The predicted molar refractivity (Wildman–Crippen MR) is 117 cm³/mol. The van der Waals surface area contributed by atoms with E-state index in [9.17, 15) is 4.79 Å². The van der Waals surface area contributed by atoms with Crippen molar-refractivity contribution in [1.29, 1.82) is 0 Å². The topological polar surface area (TPSA) is 64.3 Å². The van der Waals surface area contributed by atoms with Gasteiger partial charge in [0.05, 0.1) is 6.54 Å². The molecule has 2 aromatic carbocycles. The van der Waals surface area contributed by atoms with E-state index >= 15 is 0 Å². The van der Waals surface area contributed by atoms with Crippen LogP contribution in [-0.2, 0) is 18.6 Å². The van der Waals surface area contributed by atoms with Gasteiger partial charge in [0.25, 0.3) is 0 Å². The van der Waals surface area contributed by atoms with Crippen molar-refractivity contribution in [2.24, 2.45) is 0 Å². The van der Waals surface area contributed by atoms with Gasteiger partial charge >= 0.3 is 5.97 Å². The summed E-state index contributed by atoms with van der Waals surface area (Å²) in [7, 11) is 0. The molecule has 0 saturated carbocycles. The summed E-state index contributed by atoms with van der Waals surface area (Å²) in [5.74, 6) is -0.281. The number of hydrogen-bond donors (Lipinski definition) is 1. The zero-order valence-corrected chi connectivity index (χ0v) is 18.7. The van der Waals surface area contributed by atoms with Crippen LogP contribution >= 0.6 is 15.9 Å². The Morgan fingerprint density at radius 3 is 2.41 bits per heavy atom. The van der Waals surface area contributed by atoms with Crippen molar-refractivity contribution in [1.82, 2.24) is 9.78 Å². The molecule has 0 bridgehead atoms. The highest BCUT2D eigenvalue weighted by Crippen LogP contribution is 2.26. The van der Waals surface area contributed by atoms with E-state index in [1.165, 1.54) is 5.56 Å². The highest BCUT2D eigenvalue weighted by atomic mass is 79.9. The van der Waals surface area contributed by atoms with Crippen LogP contribution in [-0.4, -0.2) is 20.9 Å². The second kappa shape index (κ2) is 8.41. The van der Waals surface area contributed by atoms with E-state index in [0.717, 1.165) is 27.0 Å². The zero-order chi connectivity index (χ0) is 21.2. The monoisotopic (exact) mass is 456 g/mol. The van der Waals surface area contributed by atoms with Crippen molar-refractivity contribution in [2.45, 2.75) is 46.3 Å². The van der Waals surface area contributed by atoms with Crippen LogP contribution in [0.2, 0.25) is 0 Å². The largest absolute Gasteiger partial charge is 0.489 e. The Morgan fingerprint density at radius 1 is 1.14 bits per heavy atom. The first-order valence-corrected chi connectivity index (χ1v) is 10.2. The van der Waals surface area contributed by atoms with Crippen molar-refractivity contribution in [3.05, 3.63) is 81.1 Å². The number of carboxylic acids is 1. The number of rotatable bonds is 6. The maximum atomic E-state index is 11.2. The minimum atomic E-state index is -1.03. The van der Waals surface area contributed by atoms with Gasteiger partial charge in [-0.3, -0.25) is 4.68 Å². The van der Waals surface area contributed by atoms with E-state index in [0.29, 0.717) is 13.2 Å². The van der Waals surface area contributed by atoms with E-state index in [4.69, 9.17) is 9.84 Å². The molecule has 1 N–H and O–H groups in total. The molecule has 0 aliphatic heterocycles. The van der Waals surface area contributed by atoms with Crippen molar-refractivity contribution in [3.8, 4) is 5.75 Å². The molecule has 3 aromatic rings. The fourth-order valence-corrected chi connectivity index (χ4v) is 3.42. The fourth-order valence-electron chi connectivity index (χ4n) is 3.01. The first kappa shape index (κ1) is 21.1. The summed E-state index contributed by atoms with van der Waals surface area (Å²) in [4.78, 5) is 11.2. The summed E-state index contributed by atoms with van der Waals surface area (Å²) in [5.41, 5.74) is 4.25. The van der Waals surface area contributed by atoms with Crippen LogP contribution < -0.4 is 4.74 Å². The van der Waals surface area contributed by atoms with Crippen LogP contribution in [0.25, 0.3) is 0 Å². The molecular weight excluding hydrogens is 432 g/mol. The Bertz CT molecular complexity index is 1020. The summed E-state index contributed by atoms with van der Waals surface area (Å²) in [5, 5.41) is 13.3. The number of nitrogens with zero attached hydrogens (tertiary/aromatic N) is 2. The van der Waals surface area contributed by atoms with Gasteiger partial charge in [0.15, 0.2) is 5.69 Å². The highest BCUT2D eigenvalue weighted by Gasteiger charge is 2.14. The molecule has 3 rings (SSSR count). The third kappa shape index (κ3) is 5.26. The molecule has 0 amide bonds. The van der Waals surface area contributed by atoms with Gasteiger partial charge in [-0.05, 0) is 47.7 Å².